The molecule has 134 valence electrons. The molecule has 1 aromatic heterocycles. The first-order valence-corrected chi connectivity index (χ1v) is 8.80. The molecule has 1 aromatic carbocycles. The lowest BCUT2D eigenvalue weighted by atomic mass is 10.0. The van der Waals surface area contributed by atoms with Crippen LogP contribution in [-0.2, 0) is 0 Å². The summed E-state index contributed by atoms with van der Waals surface area (Å²) in [7, 11) is 0. The zero-order valence-electron chi connectivity index (χ0n) is 15.3. The van der Waals surface area contributed by atoms with Gasteiger partial charge in [0.15, 0.2) is 5.96 Å². The molecule has 0 aliphatic rings. The Labute approximate surface area is 150 Å². The van der Waals surface area contributed by atoms with E-state index in [9.17, 15) is 0 Å². The van der Waals surface area contributed by atoms with E-state index >= 15 is 0 Å². The van der Waals surface area contributed by atoms with E-state index in [1.165, 1.54) is 11.1 Å². The molecule has 0 bridgehead atoms. The van der Waals surface area contributed by atoms with Crippen molar-refractivity contribution in [3.05, 3.63) is 59.9 Å². The molecule has 1 atom stereocenters. The minimum atomic E-state index is 0.377. The molecule has 1 unspecified atom stereocenters. The van der Waals surface area contributed by atoms with Crippen molar-refractivity contribution in [1.29, 1.82) is 0 Å². The van der Waals surface area contributed by atoms with Gasteiger partial charge in [0.05, 0.1) is 12.7 Å². The van der Waals surface area contributed by atoms with E-state index in [0.717, 1.165) is 24.8 Å². The highest BCUT2D eigenvalue weighted by Crippen LogP contribution is 2.15. The fraction of sp³-hybridized carbons (Fsp3) is 0.400. The molecule has 25 heavy (non-hydrogen) atoms. The van der Waals surface area contributed by atoms with E-state index in [1.807, 2.05) is 12.1 Å². The van der Waals surface area contributed by atoms with Crippen molar-refractivity contribution >= 4 is 5.96 Å². The highest BCUT2D eigenvalue weighted by atomic mass is 16.5. The molecular formula is C20H28N4O. The highest BCUT2D eigenvalue weighted by Gasteiger charge is 2.05. The third kappa shape index (κ3) is 6.83. The van der Waals surface area contributed by atoms with Gasteiger partial charge in [-0.1, -0.05) is 36.8 Å². The van der Waals surface area contributed by atoms with Crippen LogP contribution >= 0.6 is 0 Å². The largest absolute Gasteiger partial charge is 0.490 e. The number of ether oxygens (including phenoxy) is 1. The molecule has 0 amide bonds. The second kappa shape index (κ2) is 10.3. The van der Waals surface area contributed by atoms with Gasteiger partial charge in [-0.15, -0.1) is 0 Å². The third-order valence-corrected chi connectivity index (χ3v) is 3.81. The molecule has 0 saturated heterocycles. The van der Waals surface area contributed by atoms with Gasteiger partial charge >= 0.3 is 0 Å². The van der Waals surface area contributed by atoms with Gasteiger partial charge in [-0.2, -0.15) is 0 Å². The van der Waals surface area contributed by atoms with E-state index in [4.69, 9.17) is 4.74 Å². The van der Waals surface area contributed by atoms with Gasteiger partial charge in [-0.05, 0) is 31.5 Å². The Kier molecular flexibility index (Phi) is 7.76. The molecule has 0 fully saturated rings. The maximum absolute atomic E-state index is 5.63. The first-order valence-electron chi connectivity index (χ1n) is 8.80. The third-order valence-electron chi connectivity index (χ3n) is 3.81. The first kappa shape index (κ1) is 18.8. The summed E-state index contributed by atoms with van der Waals surface area (Å²) in [4.78, 5) is 8.71. The van der Waals surface area contributed by atoms with Crippen molar-refractivity contribution in [2.45, 2.75) is 26.7 Å². The monoisotopic (exact) mass is 340 g/mol. The van der Waals surface area contributed by atoms with Gasteiger partial charge in [0.25, 0.3) is 0 Å². The van der Waals surface area contributed by atoms with Crippen molar-refractivity contribution in [3.63, 3.8) is 0 Å². The van der Waals surface area contributed by atoms with Gasteiger partial charge < -0.3 is 15.4 Å². The molecule has 2 N–H and O–H groups in total. The van der Waals surface area contributed by atoms with Crippen molar-refractivity contribution < 1.29 is 4.74 Å². The summed E-state index contributed by atoms with van der Waals surface area (Å²) < 4.78 is 5.63. The lowest BCUT2D eigenvalue weighted by Crippen LogP contribution is -2.39. The normalized spacial score (nSPS) is 12.5. The average molecular weight is 340 g/mol. The summed E-state index contributed by atoms with van der Waals surface area (Å²) in [5.41, 5.74) is 2.59. The van der Waals surface area contributed by atoms with Crippen LogP contribution < -0.4 is 15.4 Å². The first-order chi connectivity index (χ1) is 12.2. The van der Waals surface area contributed by atoms with Crippen LogP contribution in [0.2, 0.25) is 0 Å². The number of benzene rings is 1. The van der Waals surface area contributed by atoms with Gasteiger partial charge in [-0.3, -0.25) is 9.98 Å². The number of hydrogen-bond donors (Lipinski definition) is 2. The zero-order chi connectivity index (χ0) is 17.9. The number of nitrogens with one attached hydrogen (secondary N) is 2. The number of aromatic nitrogens is 1. The molecule has 0 spiro atoms. The van der Waals surface area contributed by atoms with E-state index in [-0.39, 0.29) is 0 Å². The summed E-state index contributed by atoms with van der Waals surface area (Å²) in [5, 5.41) is 6.57. The maximum atomic E-state index is 5.63. The SMILES string of the molecule is CCNC(=NCC(C)c1ccc(C)cc1)NCCOc1cccnc1. The minimum Gasteiger partial charge on any atom is -0.490 e. The lowest BCUT2D eigenvalue weighted by molar-refractivity contribution is 0.320. The average Bonchev–Trinajstić information content (AvgIpc) is 2.64. The minimum absolute atomic E-state index is 0.377. The van der Waals surface area contributed by atoms with Gasteiger partial charge in [0, 0.05) is 25.2 Å². The number of hydrogen-bond acceptors (Lipinski definition) is 3. The molecule has 1 heterocycles. The number of pyridine rings is 1. The van der Waals surface area contributed by atoms with E-state index < -0.39 is 0 Å². The Balaban J connectivity index is 1.80. The quantitative estimate of drug-likeness (QED) is 0.440. The van der Waals surface area contributed by atoms with Crippen LogP contribution in [0.25, 0.3) is 0 Å². The van der Waals surface area contributed by atoms with Crippen molar-refractivity contribution in [1.82, 2.24) is 15.6 Å². The topological polar surface area (TPSA) is 58.5 Å². The van der Waals surface area contributed by atoms with Crippen LogP contribution in [0.15, 0.2) is 53.8 Å². The summed E-state index contributed by atoms with van der Waals surface area (Å²) >= 11 is 0. The fourth-order valence-electron chi connectivity index (χ4n) is 2.34. The molecule has 5 heteroatoms. The van der Waals surface area contributed by atoms with Gasteiger partial charge in [0.2, 0.25) is 0 Å². The molecule has 0 aliphatic carbocycles. The highest BCUT2D eigenvalue weighted by molar-refractivity contribution is 5.79. The smallest absolute Gasteiger partial charge is 0.191 e. The van der Waals surface area contributed by atoms with Gasteiger partial charge in [0.1, 0.15) is 12.4 Å². The Morgan fingerprint density at radius 2 is 2.00 bits per heavy atom. The summed E-state index contributed by atoms with van der Waals surface area (Å²) in [6, 6.07) is 12.4. The maximum Gasteiger partial charge on any atom is 0.191 e. The molecule has 2 rings (SSSR count). The van der Waals surface area contributed by atoms with Crippen LogP contribution in [0.1, 0.15) is 30.9 Å². The molecular weight excluding hydrogens is 312 g/mol. The summed E-state index contributed by atoms with van der Waals surface area (Å²) in [5.74, 6) is 1.97. The molecule has 0 aliphatic heterocycles. The van der Waals surface area contributed by atoms with Crippen LogP contribution in [0, 0.1) is 6.92 Å². The number of nitrogens with zero attached hydrogens (tertiary/aromatic N) is 2. The van der Waals surface area contributed by atoms with Crippen molar-refractivity contribution in [2.24, 2.45) is 4.99 Å². The van der Waals surface area contributed by atoms with Gasteiger partial charge in [-0.25, -0.2) is 0 Å². The molecule has 0 saturated carbocycles. The van der Waals surface area contributed by atoms with E-state index in [0.29, 0.717) is 19.1 Å². The van der Waals surface area contributed by atoms with Crippen molar-refractivity contribution in [3.8, 4) is 5.75 Å². The summed E-state index contributed by atoms with van der Waals surface area (Å²) in [6.45, 7) is 9.17. The Bertz CT molecular complexity index is 641. The van der Waals surface area contributed by atoms with Crippen LogP contribution in [0.3, 0.4) is 0 Å². The zero-order valence-corrected chi connectivity index (χ0v) is 15.3. The molecule has 5 nitrogen and oxygen atoms in total. The number of rotatable bonds is 8. The standard InChI is InChI=1S/C20H28N4O/c1-4-22-20(23-12-13-25-19-6-5-11-21-15-19)24-14-17(3)18-9-7-16(2)8-10-18/h5-11,15,17H,4,12-14H2,1-3H3,(H2,22,23,24). The summed E-state index contributed by atoms with van der Waals surface area (Å²) in [6.07, 6.45) is 3.44. The van der Waals surface area contributed by atoms with E-state index in [1.54, 1.807) is 12.4 Å². The number of guanidine groups is 1. The molecule has 0 radical (unpaired) electrons. The van der Waals surface area contributed by atoms with Crippen LogP contribution in [0.4, 0.5) is 0 Å². The van der Waals surface area contributed by atoms with Crippen molar-refractivity contribution in [2.75, 3.05) is 26.2 Å². The predicted molar refractivity (Wildman–Crippen MR) is 103 cm³/mol. The second-order valence-electron chi connectivity index (χ2n) is 6.00. The Morgan fingerprint density at radius 3 is 2.68 bits per heavy atom. The van der Waals surface area contributed by atoms with Crippen LogP contribution in [-0.4, -0.2) is 37.2 Å². The lowest BCUT2D eigenvalue weighted by Gasteiger charge is -2.14. The van der Waals surface area contributed by atoms with E-state index in [2.05, 4.69) is 65.6 Å². The predicted octanol–water partition coefficient (Wildman–Crippen LogP) is 3.13. The Morgan fingerprint density at radius 1 is 1.20 bits per heavy atom. The van der Waals surface area contributed by atoms with Crippen LogP contribution in [0.5, 0.6) is 5.75 Å². The number of aryl methyl sites for hydroxylation is 1. The fourth-order valence-corrected chi connectivity index (χ4v) is 2.34. The second-order valence-corrected chi connectivity index (χ2v) is 6.00. The Hall–Kier alpha value is -2.56. The number of aliphatic imine (C=N–C) groups is 1. The molecule has 2 aromatic rings.